The van der Waals surface area contributed by atoms with Gasteiger partial charge in [-0.05, 0) is 35.9 Å². The number of carbonyl (C=O) groups is 1. The summed E-state index contributed by atoms with van der Waals surface area (Å²) in [6, 6.07) is 9.33. The first-order valence-electron chi connectivity index (χ1n) is 8.56. The zero-order valence-electron chi connectivity index (χ0n) is 14.8. The molecule has 148 valence electrons. The van der Waals surface area contributed by atoms with Gasteiger partial charge in [-0.1, -0.05) is 22.9 Å². The van der Waals surface area contributed by atoms with Gasteiger partial charge < -0.3 is 4.42 Å². The number of halogens is 1. The Labute approximate surface area is 176 Å². The highest BCUT2D eigenvalue weighted by molar-refractivity contribution is 7.13. The van der Waals surface area contributed by atoms with Gasteiger partial charge in [0.15, 0.2) is 5.43 Å². The third-order valence-corrected chi connectivity index (χ3v) is 5.73. The largest absolute Gasteiger partial charge is 0.450 e. The van der Waals surface area contributed by atoms with Crippen LogP contribution in [0.5, 0.6) is 0 Å². The highest BCUT2D eigenvalue weighted by Gasteiger charge is 2.45. The summed E-state index contributed by atoms with van der Waals surface area (Å²) in [5.41, 5.74) is 1.80. The molecule has 2 aromatic carbocycles. The van der Waals surface area contributed by atoms with Gasteiger partial charge in [-0.25, -0.2) is 0 Å². The van der Waals surface area contributed by atoms with Gasteiger partial charge in [-0.3, -0.25) is 24.6 Å². The van der Waals surface area contributed by atoms with Crippen molar-refractivity contribution in [2.45, 2.75) is 6.04 Å². The molecule has 0 saturated carbocycles. The van der Waals surface area contributed by atoms with Crippen molar-refractivity contribution in [1.82, 2.24) is 10.2 Å². The molecule has 1 aliphatic rings. The highest BCUT2D eigenvalue weighted by Crippen LogP contribution is 2.41. The van der Waals surface area contributed by atoms with Crippen molar-refractivity contribution in [1.29, 1.82) is 0 Å². The molecule has 30 heavy (non-hydrogen) atoms. The molecule has 11 heteroatoms. The Hall–Kier alpha value is -3.63. The molecule has 0 spiro atoms. The van der Waals surface area contributed by atoms with Crippen LogP contribution in [0.4, 0.5) is 10.8 Å². The van der Waals surface area contributed by atoms with Gasteiger partial charge in [0.1, 0.15) is 11.1 Å². The van der Waals surface area contributed by atoms with E-state index in [4.69, 9.17) is 16.0 Å². The smallest absolute Gasteiger partial charge is 0.297 e. The number of anilines is 1. The molecule has 9 nitrogen and oxygen atoms in total. The Morgan fingerprint density at radius 2 is 1.93 bits per heavy atom. The molecule has 4 aromatic rings. The monoisotopic (exact) mass is 440 g/mol. The van der Waals surface area contributed by atoms with E-state index < -0.39 is 22.3 Å². The molecular formula is C19H9ClN4O5S. The summed E-state index contributed by atoms with van der Waals surface area (Å²) < 4.78 is 5.79. The lowest BCUT2D eigenvalue weighted by Crippen LogP contribution is -2.29. The predicted octanol–water partition coefficient (Wildman–Crippen LogP) is 3.96. The fourth-order valence-electron chi connectivity index (χ4n) is 3.51. The van der Waals surface area contributed by atoms with Crippen LogP contribution in [-0.2, 0) is 0 Å². The van der Waals surface area contributed by atoms with Crippen LogP contribution in [0.15, 0.2) is 57.2 Å². The summed E-state index contributed by atoms with van der Waals surface area (Å²) in [6.07, 6.45) is 0. The SMILES string of the molecule is O=C1c2oc3ccc(Cl)cc3c(=O)c2C(c2ccc([N+](=O)[O-])cc2)N1c1nncs1. The maximum absolute atomic E-state index is 13.4. The van der Waals surface area contributed by atoms with Crippen LogP contribution < -0.4 is 10.3 Å². The standard InChI is InChI=1S/C19H9ClN4O5S/c20-10-3-6-13-12(7-10)16(25)14-15(9-1-4-11(5-2-9)24(27)28)23(18(26)17(14)29-13)19-22-21-8-30-19/h1-8,15H. The molecule has 0 fully saturated rings. The third-order valence-electron chi connectivity index (χ3n) is 4.81. The van der Waals surface area contributed by atoms with Gasteiger partial charge in [0.25, 0.3) is 11.6 Å². The Bertz CT molecular complexity index is 1380. The fraction of sp³-hybridized carbons (Fsp3) is 0.0526. The molecule has 1 atom stereocenters. The number of nitrogens with zero attached hydrogens (tertiary/aromatic N) is 4. The van der Waals surface area contributed by atoms with E-state index in [9.17, 15) is 19.7 Å². The minimum atomic E-state index is -0.874. The fourth-order valence-corrected chi connectivity index (χ4v) is 4.27. The highest BCUT2D eigenvalue weighted by atomic mass is 35.5. The van der Waals surface area contributed by atoms with Crippen LogP contribution in [-0.4, -0.2) is 21.0 Å². The molecule has 1 unspecified atom stereocenters. The van der Waals surface area contributed by atoms with Crippen molar-refractivity contribution in [2.24, 2.45) is 0 Å². The Morgan fingerprint density at radius 3 is 2.60 bits per heavy atom. The lowest BCUT2D eigenvalue weighted by atomic mass is 9.98. The zero-order valence-corrected chi connectivity index (χ0v) is 16.4. The first-order chi connectivity index (χ1) is 14.5. The average Bonchev–Trinajstić information content (AvgIpc) is 3.35. The van der Waals surface area contributed by atoms with E-state index in [2.05, 4.69) is 10.2 Å². The van der Waals surface area contributed by atoms with Crippen molar-refractivity contribution in [2.75, 3.05) is 4.90 Å². The number of nitro benzene ring substituents is 1. The number of benzene rings is 2. The molecule has 3 heterocycles. The van der Waals surface area contributed by atoms with Crippen LogP contribution in [0.2, 0.25) is 5.02 Å². The number of non-ortho nitro benzene ring substituents is 1. The number of fused-ring (bicyclic) bond motifs is 2. The number of nitro groups is 1. The number of aromatic nitrogens is 2. The normalized spacial score (nSPS) is 15.6. The number of carbonyl (C=O) groups excluding carboxylic acids is 1. The van der Waals surface area contributed by atoms with E-state index in [1.165, 1.54) is 46.8 Å². The maximum atomic E-state index is 13.4. The lowest BCUT2D eigenvalue weighted by Gasteiger charge is -2.21. The maximum Gasteiger partial charge on any atom is 0.297 e. The van der Waals surface area contributed by atoms with Crippen molar-refractivity contribution in [3.8, 4) is 0 Å². The van der Waals surface area contributed by atoms with E-state index in [1.54, 1.807) is 6.07 Å². The third kappa shape index (κ3) is 2.69. The molecule has 0 saturated heterocycles. The van der Waals surface area contributed by atoms with Crippen LogP contribution in [0.3, 0.4) is 0 Å². The first kappa shape index (κ1) is 18.4. The van der Waals surface area contributed by atoms with Gasteiger partial charge in [0.05, 0.1) is 21.9 Å². The van der Waals surface area contributed by atoms with Crippen LogP contribution in [0.25, 0.3) is 11.0 Å². The summed E-state index contributed by atoms with van der Waals surface area (Å²) in [5.74, 6) is -0.646. The summed E-state index contributed by atoms with van der Waals surface area (Å²) in [5, 5.41) is 19.6. The van der Waals surface area contributed by atoms with Gasteiger partial charge >= 0.3 is 0 Å². The Kier molecular flexibility index (Phi) is 4.12. The average molecular weight is 441 g/mol. The second kappa shape index (κ2) is 6.71. The number of hydrogen-bond acceptors (Lipinski definition) is 8. The molecule has 2 aromatic heterocycles. The van der Waals surface area contributed by atoms with Crippen molar-refractivity contribution in [3.63, 3.8) is 0 Å². The molecule has 1 aliphatic heterocycles. The minimum absolute atomic E-state index is 0.103. The van der Waals surface area contributed by atoms with Crippen molar-refractivity contribution < 1.29 is 14.1 Å². The lowest BCUT2D eigenvalue weighted by molar-refractivity contribution is -0.384. The van der Waals surface area contributed by atoms with Crippen LogP contribution in [0.1, 0.15) is 27.7 Å². The molecule has 0 aliphatic carbocycles. The molecule has 1 amide bonds. The topological polar surface area (TPSA) is 119 Å². The van der Waals surface area contributed by atoms with Crippen molar-refractivity contribution in [3.05, 3.63) is 90.2 Å². The molecule has 5 rings (SSSR count). The van der Waals surface area contributed by atoms with Gasteiger partial charge in [0.2, 0.25) is 10.9 Å². The summed E-state index contributed by atoms with van der Waals surface area (Å²) >= 11 is 7.17. The summed E-state index contributed by atoms with van der Waals surface area (Å²) in [7, 11) is 0. The predicted molar refractivity (Wildman–Crippen MR) is 109 cm³/mol. The summed E-state index contributed by atoms with van der Waals surface area (Å²) in [4.78, 5) is 38.4. The van der Waals surface area contributed by atoms with Gasteiger partial charge in [-0.2, -0.15) is 0 Å². The molecule has 0 bridgehead atoms. The summed E-state index contributed by atoms with van der Waals surface area (Å²) in [6.45, 7) is 0. The molecular weight excluding hydrogens is 432 g/mol. The number of amides is 1. The number of rotatable bonds is 3. The Balaban J connectivity index is 1.79. The van der Waals surface area contributed by atoms with E-state index in [-0.39, 0.29) is 33.1 Å². The quantitative estimate of drug-likeness (QED) is 0.349. The van der Waals surface area contributed by atoms with E-state index in [0.717, 1.165) is 11.3 Å². The van der Waals surface area contributed by atoms with Crippen LogP contribution >= 0.6 is 22.9 Å². The van der Waals surface area contributed by atoms with Crippen molar-refractivity contribution >= 4 is 50.6 Å². The van der Waals surface area contributed by atoms with Gasteiger partial charge in [-0.15, -0.1) is 10.2 Å². The van der Waals surface area contributed by atoms with E-state index in [1.807, 2.05) is 0 Å². The number of hydrogen-bond donors (Lipinski definition) is 0. The second-order valence-corrected chi connectivity index (χ2v) is 7.71. The molecule has 0 radical (unpaired) electrons. The first-order valence-corrected chi connectivity index (χ1v) is 9.82. The van der Waals surface area contributed by atoms with Crippen LogP contribution in [0, 0.1) is 10.1 Å². The minimum Gasteiger partial charge on any atom is -0.450 e. The zero-order chi connectivity index (χ0) is 21.0. The van der Waals surface area contributed by atoms with E-state index in [0.29, 0.717) is 10.6 Å². The Morgan fingerprint density at radius 1 is 1.17 bits per heavy atom. The van der Waals surface area contributed by atoms with E-state index >= 15 is 0 Å². The second-order valence-electron chi connectivity index (χ2n) is 6.46. The molecule has 0 N–H and O–H groups in total. The van der Waals surface area contributed by atoms with Gasteiger partial charge in [0, 0.05) is 17.2 Å².